The molecule has 0 aromatic carbocycles. The molecule has 0 aromatic rings. The van der Waals surface area contributed by atoms with E-state index in [2.05, 4.69) is 0 Å². The molecule has 4 nitrogen and oxygen atoms in total. The van der Waals surface area contributed by atoms with E-state index in [9.17, 15) is 0 Å². The van der Waals surface area contributed by atoms with Crippen LogP contribution in [0.15, 0.2) is 0 Å². The topological polar surface area (TPSA) is 30.9 Å². The Morgan fingerprint density at radius 1 is 1.30 bits per heavy atom. The van der Waals surface area contributed by atoms with Crippen LogP contribution in [0.1, 0.15) is 19.3 Å². The first-order valence-electron chi connectivity index (χ1n) is 3.56. The summed E-state index contributed by atoms with van der Waals surface area (Å²) in [7, 11) is 1.64. The molecule has 2 atom stereocenters. The molecule has 0 spiro atoms. The number of hydroxylamine groups is 2. The van der Waals surface area contributed by atoms with Crippen molar-refractivity contribution in [1.29, 1.82) is 0 Å². The van der Waals surface area contributed by atoms with E-state index in [1.165, 1.54) is 0 Å². The second-order valence-electron chi connectivity index (χ2n) is 2.58. The second-order valence-corrected chi connectivity index (χ2v) is 2.58. The first kappa shape index (κ1) is 6.54. The van der Waals surface area contributed by atoms with Crippen LogP contribution in [-0.2, 0) is 14.6 Å². The van der Waals surface area contributed by atoms with Crippen LogP contribution in [0.4, 0.5) is 0 Å². The summed E-state index contributed by atoms with van der Waals surface area (Å²) in [5.41, 5.74) is 0. The molecular formula is C6H11NO3. The first-order chi connectivity index (χ1) is 4.92. The first-order valence-corrected chi connectivity index (χ1v) is 3.56. The van der Waals surface area contributed by atoms with Gasteiger partial charge in [-0.3, -0.25) is 4.84 Å². The zero-order valence-electron chi connectivity index (χ0n) is 5.95. The molecule has 0 amide bonds. The fourth-order valence-corrected chi connectivity index (χ4v) is 1.45. The van der Waals surface area contributed by atoms with Gasteiger partial charge >= 0.3 is 0 Å². The fraction of sp³-hybridized carbons (Fsp3) is 1.00. The normalized spacial score (nSPS) is 40.5. The van der Waals surface area contributed by atoms with Crippen LogP contribution in [0, 0.1) is 0 Å². The van der Waals surface area contributed by atoms with Gasteiger partial charge in [0.05, 0.1) is 7.11 Å². The van der Waals surface area contributed by atoms with Gasteiger partial charge in [0.2, 0.25) is 0 Å². The summed E-state index contributed by atoms with van der Waals surface area (Å²) in [6.45, 7) is 0. The van der Waals surface area contributed by atoms with Crippen molar-refractivity contribution in [2.24, 2.45) is 0 Å². The largest absolute Gasteiger partial charge is 0.297 e. The molecule has 2 rings (SSSR count). The third kappa shape index (κ3) is 0.845. The molecular weight excluding hydrogens is 134 g/mol. The minimum absolute atomic E-state index is 0.0312. The standard InChI is InChI=1S/C6H11NO3/c1-8-7-5-3-2-4-6(7)10-9-5/h5-6H,2-4H2,1H3. The van der Waals surface area contributed by atoms with Crippen molar-refractivity contribution in [2.45, 2.75) is 31.7 Å². The SMILES string of the molecule is CON1C2CCCC1OO2. The minimum atomic E-state index is 0.0312. The monoisotopic (exact) mass is 145 g/mol. The summed E-state index contributed by atoms with van der Waals surface area (Å²) < 4.78 is 0. The van der Waals surface area contributed by atoms with E-state index in [0.717, 1.165) is 19.3 Å². The number of piperidine rings is 1. The Morgan fingerprint density at radius 2 is 1.90 bits per heavy atom. The summed E-state index contributed by atoms with van der Waals surface area (Å²) in [4.78, 5) is 15.0. The van der Waals surface area contributed by atoms with Crippen LogP contribution in [0.5, 0.6) is 0 Å². The maximum absolute atomic E-state index is 5.06. The lowest BCUT2D eigenvalue weighted by Gasteiger charge is -2.26. The number of hydrogen-bond acceptors (Lipinski definition) is 4. The smallest absolute Gasteiger partial charge is 0.171 e. The molecule has 2 bridgehead atoms. The summed E-state index contributed by atoms with van der Waals surface area (Å²) >= 11 is 0. The predicted molar refractivity (Wildman–Crippen MR) is 32.4 cm³/mol. The quantitative estimate of drug-likeness (QED) is 0.507. The van der Waals surface area contributed by atoms with Gasteiger partial charge < -0.3 is 0 Å². The highest BCUT2D eigenvalue weighted by molar-refractivity contribution is 4.70. The maximum Gasteiger partial charge on any atom is 0.171 e. The number of nitrogens with zero attached hydrogens (tertiary/aromatic N) is 1. The molecule has 2 aliphatic heterocycles. The van der Waals surface area contributed by atoms with Crippen LogP contribution >= 0.6 is 0 Å². The van der Waals surface area contributed by atoms with Gasteiger partial charge in [0.25, 0.3) is 0 Å². The molecule has 4 heteroatoms. The van der Waals surface area contributed by atoms with Gasteiger partial charge in [0, 0.05) is 0 Å². The van der Waals surface area contributed by atoms with Crippen molar-refractivity contribution in [2.75, 3.05) is 7.11 Å². The van der Waals surface area contributed by atoms with Crippen LogP contribution in [0.2, 0.25) is 0 Å². The van der Waals surface area contributed by atoms with E-state index in [1.54, 1.807) is 12.2 Å². The van der Waals surface area contributed by atoms with Crippen molar-refractivity contribution in [3.05, 3.63) is 0 Å². The minimum Gasteiger partial charge on any atom is -0.297 e. The van der Waals surface area contributed by atoms with Gasteiger partial charge in [-0.05, 0) is 19.3 Å². The van der Waals surface area contributed by atoms with Gasteiger partial charge in [-0.15, -0.1) is 5.06 Å². The van der Waals surface area contributed by atoms with Crippen LogP contribution in [0.25, 0.3) is 0 Å². The Morgan fingerprint density at radius 3 is 2.30 bits per heavy atom. The molecule has 0 N–H and O–H groups in total. The average Bonchev–Trinajstić information content (AvgIpc) is 2.19. The number of rotatable bonds is 1. The number of hydrogen-bond donors (Lipinski definition) is 0. The Balaban J connectivity index is 2.06. The highest BCUT2D eigenvalue weighted by Gasteiger charge is 2.40. The lowest BCUT2D eigenvalue weighted by atomic mass is 10.1. The molecule has 2 heterocycles. The molecule has 0 saturated carbocycles. The van der Waals surface area contributed by atoms with Crippen LogP contribution in [-0.4, -0.2) is 24.6 Å². The molecule has 0 aromatic heterocycles. The van der Waals surface area contributed by atoms with E-state index in [1.807, 2.05) is 0 Å². The molecule has 58 valence electrons. The highest BCUT2D eigenvalue weighted by atomic mass is 17.2. The Hall–Kier alpha value is -0.160. The molecule has 0 aliphatic carbocycles. The Kier molecular flexibility index (Phi) is 1.61. The third-order valence-corrected chi connectivity index (χ3v) is 1.96. The summed E-state index contributed by atoms with van der Waals surface area (Å²) in [6, 6.07) is 0. The molecule has 2 unspecified atom stereocenters. The van der Waals surface area contributed by atoms with Crippen LogP contribution in [0.3, 0.4) is 0 Å². The molecule has 2 aliphatic rings. The van der Waals surface area contributed by atoms with Gasteiger partial charge in [-0.1, -0.05) is 0 Å². The lowest BCUT2D eigenvalue weighted by Crippen LogP contribution is -2.39. The average molecular weight is 145 g/mol. The maximum atomic E-state index is 5.06. The molecule has 2 saturated heterocycles. The van der Waals surface area contributed by atoms with E-state index >= 15 is 0 Å². The molecule has 2 fully saturated rings. The zero-order chi connectivity index (χ0) is 6.97. The van der Waals surface area contributed by atoms with E-state index in [4.69, 9.17) is 14.6 Å². The summed E-state index contributed by atoms with van der Waals surface area (Å²) in [5.74, 6) is 0. The highest BCUT2D eigenvalue weighted by Crippen LogP contribution is 2.30. The molecule has 0 radical (unpaired) electrons. The van der Waals surface area contributed by atoms with E-state index in [-0.39, 0.29) is 12.5 Å². The second kappa shape index (κ2) is 2.47. The van der Waals surface area contributed by atoms with Gasteiger partial charge in [-0.25, -0.2) is 9.78 Å². The zero-order valence-corrected chi connectivity index (χ0v) is 5.95. The fourth-order valence-electron chi connectivity index (χ4n) is 1.45. The predicted octanol–water partition coefficient (Wildman–Crippen LogP) is 0.648. The van der Waals surface area contributed by atoms with Gasteiger partial charge in [0.1, 0.15) is 0 Å². The van der Waals surface area contributed by atoms with Crippen molar-refractivity contribution in [3.8, 4) is 0 Å². The van der Waals surface area contributed by atoms with E-state index < -0.39 is 0 Å². The van der Waals surface area contributed by atoms with Crippen molar-refractivity contribution < 1.29 is 14.6 Å². The van der Waals surface area contributed by atoms with Crippen molar-refractivity contribution >= 4 is 0 Å². The third-order valence-electron chi connectivity index (χ3n) is 1.96. The van der Waals surface area contributed by atoms with E-state index in [0.29, 0.717) is 0 Å². The van der Waals surface area contributed by atoms with Crippen molar-refractivity contribution in [1.82, 2.24) is 5.06 Å². The van der Waals surface area contributed by atoms with Crippen LogP contribution < -0.4 is 0 Å². The van der Waals surface area contributed by atoms with Gasteiger partial charge in [0.15, 0.2) is 12.5 Å². The summed E-state index contributed by atoms with van der Waals surface area (Å²) in [6.07, 6.45) is 3.23. The Bertz CT molecular complexity index is 114. The van der Waals surface area contributed by atoms with Crippen molar-refractivity contribution in [3.63, 3.8) is 0 Å². The lowest BCUT2D eigenvalue weighted by molar-refractivity contribution is -0.290. The Labute approximate surface area is 59.5 Å². The van der Waals surface area contributed by atoms with Gasteiger partial charge in [-0.2, -0.15) is 0 Å². The number of fused-ring (bicyclic) bond motifs is 2. The summed E-state index contributed by atoms with van der Waals surface area (Å²) in [5, 5.41) is 1.77. The molecule has 10 heavy (non-hydrogen) atoms.